The van der Waals surface area contributed by atoms with Gasteiger partial charge in [0, 0.05) is 13.1 Å². The lowest BCUT2D eigenvalue weighted by atomic mass is 9.88. The quantitative estimate of drug-likeness (QED) is 0.501. The number of pyridine rings is 1. The largest absolute Gasteiger partial charge is 0.460 e. The van der Waals surface area contributed by atoms with Gasteiger partial charge < -0.3 is 14.7 Å². The van der Waals surface area contributed by atoms with Gasteiger partial charge in [-0.2, -0.15) is 0 Å². The first-order valence-electron chi connectivity index (χ1n) is 7.98. The van der Waals surface area contributed by atoms with E-state index in [1.165, 1.54) is 0 Å². The molecule has 0 bridgehead atoms. The Morgan fingerprint density at radius 1 is 1.48 bits per heavy atom. The Morgan fingerprint density at radius 2 is 2.08 bits per heavy atom. The monoisotopic (exact) mass is 355 g/mol. The summed E-state index contributed by atoms with van der Waals surface area (Å²) in [7, 11) is 0. The van der Waals surface area contributed by atoms with Gasteiger partial charge in [0.25, 0.3) is 5.69 Å². The highest BCUT2D eigenvalue weighted by Crippen LogP contribution is 2.30. The molecule has 0 amide bonds. The van der Waals surface area contributed by atoms with Crippen molar-refractivity contribution in [3.63, 3.8) is 0 Å². The third kappa shape index (κ3) is 5.09. The van der Waals surface area contributed by atoms with Crippen LogP contribution in [0, 0.1) is 15.9 Å². The van der Waals surface area contributed by atoms with Crippen LogP contribution in [0.15, 0.2) is 12.3 Å². The first-order chi connectivity index (χ1) is 11.5. The number of aliphatic hydroxyl groups is 1. The van der Waals surface area contributed by atoms with Gasteiger partial charge in [-0.15, -0.1) is 0 Å². The molecule has 8 nitrogen and oxygen atoms in total. The van der Waals surface area contributed by atoms with Crippen molar-refractivity contribution in [3.8, 4) is 0 Å². The standard InChI is InChI=1S/C16H22FN3O5/c1-15(2,3)25-13(21)9-16(22)4-6-19(7-5-16)14-12(17)8-11(10-18-14)20(23)24/h8,10,22H,4-7,9H2,1-3H3. The SMILES string of the molecule is CC(C)(C)OC(=O)CC1(O)CCN(c2ncc([N+](=O)[O-])cc2F)CC1. The van der Waals surface area contributed by atoms with E-state index in [9.17, 15) is 24.4 Å². The van der Waals surface area contributed by atoms with Gasteiger partial charge in [0.05, 0.1) is 23.0 Å². The molecule has 1 aliphatic rings. The summed E-state index contributed by atoms with van der Waals surface area (Å²) in [4.78, 5) is 27.2. The predicted octanol–water partition coefficient (Wildman–Crippen LogP) is 2.19. The molecule has 0 aromatic carbocycles. The van der Waals surface area contributed by atoms with Crippen molar-refractivity contribution in [1.29, 1.82) is 0 Å². The van der Waals surface area contributed by atoms with E-state index in [-0.39, 0.29) is 38.2 Å². The molecule has 1 fully saturated rings. The Kier molecular flexibility index (Phi) is 5.26. The first kappa shape index (κ1) is 19.0. The number of rotatable bonds is 4. The second-order valence-corrected chi connectivity index (χ2v) is 7.23. The molecule has 0 saturated carbocycles. The molecule has 9 heteroatoms. The van der Waals surface area contributed by atoms with Crippen LogP contribution in [-0.2, 0) is 9.53 Å². The van der Waals surface area contributed by atoms with Crippen molar-refractivity contribution in [2.75, 3.05) is 18.0 Å². The molecule has 1 aromatic heterocycles. The molecule has 0 atom stereocenters. The number of esters is 1. The molecule has 1 N–H and O–H groups in total. The highest BCUT2D eigenvalue weighted by Gasteiger charge is 2.37. The van der Waals surface area contributed by atoms with Crippen LogP contribution >= 0.6 is 0 Å². The van der Waals surface area contributed by atoms with E-state index in [0.29, 0.717) is 0 Å². The van der Waals surface area contributed by atoms with Crippen molar-refractivity contribution < 1.29 is 24.0 Å². The number of aromatic nitrogens is 1. The van der Waals surface area contributed by atoms with E-state index in [1.54, 1.807) is 25.7 Å². The number of ether oxygens (including phenoxy) is 1. The molecule has 1 saturated heterocycles. The van der Waals surface area contributed by atoms with Gasteiger partial charge in [-0.25, -0.2) is 9.37 Å². The molecule has 1 aromatic rings. The average Bonchev–Trinajstić information content (AvgIpc) is 2.45. The lowest BCUT2D eigenvalue weighted by Crippen LogP contribution is -2.46. The summed E-state index contributed by atoms with van der Waals surface area (Å²) in [6, 6.07) is 0.823. The first-order valence-corrected chi connectivity index (χ1v) is 7.98. The maximum absolute atomic E-state index is 14.0. The number of hydrogen-bond acceptors (Lipinski definition) is 7. The maximum atomic E-state index is 14.0. The Labute approximate surface area is 144 Å². The van der Waals surface area contributed by atoms with Crippen LogP contribution in [0.2, 0.25) is 0 Å². The Morgan fingerprint density at radius 3 is 2.56 bits per heavy atom. The molecule has 25 heavy (non-hydrogen) atoms. The minimum atomic E-state index is -1.21. The van der Waals surface area contributed by atoms with Crippen molar-refractivity contribution in [3.05, 3.63) is 28.2 Å². The summed E-state index contributed by atoms with van der Waals surface area (Å²) in [5.41, 5.74) is -2.25. The molecule has 2 heterocycles. The minimum absolute atomic E-state index is 0.00455. The van der Waals surface area contributed by atoms with E-state index in [0.717, 1.165) is 12.3 Å². The summed E-state index contributed by atoms with van der Waals surface area (Å²) in [5, 5.41) is 21.2. The highest BCUT2D eigenvalue weighted by molar-refractivity contribution is 5.71. The molecule has 138 valence electrons. The van der Waals surface area contributed by atoms with Crippen LogP contribution in [0.1, 0.15) is 40.0 Å². The second kappa shape index (κ2) is 6.91. The lowest BCUT2D eigenvalue weighted by Gasteiger charge is -2.38. The number of nitro groups is 1. The van der Waals surface area contributed by atoms with Crippen molar-refractivity contribution in [2.24, 2.45) is 0 Å². The third-order valence-electron chi connectivity index (χ3n) is 3.91. The molecular formula is C16H22FN3O5. The van der Waals surface area contributed by atoms with Gasteiger partial charge in [-0.1, -0.05) is 0 Å². The van der Waals surface area contributed by atoms with Crippen molar-refractivity contribution >= 4 is 17.5 Å². The normalized spacial score (nSPS) is 17.2. The van der Waals surface area contributed by atoms with Gasteiger partial charge in [-0.3, -0.25) is 14.9 Å². The van der Waals surface area contributed by atoms with Gasteiger partial charge in [0.2, 0.25) is 0 Å². The van der Waals surface area contributed by atoms with E-state index >= 15 is 0 Å². The zero-order valence-electron chi connectivity index (χ0n) is 14.5. The molecule has 0 radical (unpaired) electrons. The zero-order valence-corrected chi connectivity index (χ0v) is 14.5. The van der Waals surface area contributed by atoms with Crippen LogP contribution in [0.3, 0.4) is 0 Å². The van der Waals surface area contributed by atoms with E-state index in [1.807, 2.05) is 0 Å². The summed E-state index contributed by atoms with van der Waals surface area (Å²) >= 11 is 0. The highest BCUT2D eigenvalue weighted by atomic mass is 19.1. The van der Waals surface area contributed by atoms with Crippen LogP contribution in [0.4, 0.5) is 15.9 Å². The van der Waals surface area contributed by atoms with E-state index < -0.39 is 33.6 Å². The fraction of sp³-hybridized carbons (Fsp3) is 0.625. The van der Waals surface area contributed by atoms with Crippen molar-refractivity contribution in [2.45, 2.75) is 51.2 Å². The molecule has 0 unspecified atom stereocenters. The summed E-state index contributed by atoms with van der Waals surface area (Å²) < 4.78 is 19.3. The summed E-state index contributed by atoms with van der Waals surface area (Å²) in [6.07, 6.45) is 1.35. The number of nitrogens with zero attached hydrogens (tertiary/aromatic N) is 3. The Hall–Kier alpha value is -2.29. The second-order valence-electron chi connectivity index (χ2n) is 7.23. The molecular weight excluding hydrogens is 333 g/mol. The molecule has 0 spiro atoms. The number of carbonyl (C=O) groups excluding carboxylic acids is 1. The van der Waals surface area contributed by atoms with E-state index in [2.05, 4.69) is 4.98 Å². The van der Waals surface area contributed by atoms with Gasteiger partial charge >= 0.3 is 5.97 Å². The number of halogens is 1. The van der Waals surface area contributed by atoms with Gasteiger partial charge in [0.1, 0.15) is 11.8 Å². The Bertz CT molecular complexity index is 666. The third-order valence-corrected chi connectivity index (χ3v) is 3.91. The summed E-state index contributed by atoms with van der Waals surface area (Å²) in [5.74, 6) is -1.26. The van der Waals surface area contributed by atoms with Crippen LogP contribution in [0.25, 0.3) is 0 Å². The van der Waals surface area contributed by atoms with E-state index in [4.69, 9.17) is 4.74 Å². The summed E-state index contributed by atoms with van der Waals surface area (Å²) in [6.45, 7) is 5.81. The van der Waals surface area contributed by atoms with Crippen LogP contribution in [-0.4, -0.2) is 45.3 Å². The number of hydrogen-bond donors (Lipinski definition) is 1. The number of carbonyl (C=O) groups is 1. The number of anilines is 1. The maximum Gasteiger partial charge on any atom is 0.309 e. The fourth-order valence-electron chi connectivity index (χ4n) is 2.71. The lowest BCUT2D eigenvalue weighted by molar-refractivity contribution is -0.385. The topological polar surface area (TPSA) is 106 Å². The minimum Gasteiger partial charge on any atom is -0.460 e. The van der Waals surface area contributed by atoms with Crippen LogP contribution < -0.4 is 4.90 Å². The fourth-order valence-corrected chi connectivity index (χ4v) is 2.71. The van der Waals surface area contributed by atoms with Gasteiger partial charge in [-0.05, 0) is 33.6 Å². The Balaban J connectivity index is 1.99. The van der Waals surface area contributed by atoms with Crippen molar-refractivity contribution in [1.82, 2.24) is 4.98 Å². The predicted molar refractivity (Wildman–Crippen MR) is 87.7 cm³/mol. The smallest absolute Gasteiger partial charge is 0.309 e. The molecule has 0 aliphatic carbocycles. The van der Waals surface area contributed by atoms with Crippen LogP contribution in [0.5, 0.6) is 0 Å². The van der Waals surface area contributed by atoms with Gasteiger partial charge in [0.15, 0.2) is 11.6 Å². The molecule has 1 aliphatic heterocycles. The average molecular weight is 355 g/mol. The number of piperidine rings is 1. The molecule has 2 rings (SSSR count). The zero-order chi connectivity index (χ0) is 18.8.